The van der Waals surface area contributed by atoms with Gasteiger partial charge in [-0.1, -0.05) is 42.5 Å². The van der Waals surface area contributed by atoms with Crippen molar-refractivity contribution in [3.05, 3.63) is 83.7 Å². The number of hydrogen-bond acceptors (Lipinski definition) is 3. The van der Waals surface area contributed by atoms with Gasteiger partial charge in [-0.3, -0.25) is 4.79 Å². The minimum absolute atomic E-state index is 0.0572. The van der Waals surface area contributed by atoms with Crippen LogP contribution in [0, 0.1) is 0 Å². The zero-order valence-electron chi connectivity index (χ0n) is 14.4. The van der Waals surface area contributed by atoms with Gasteiger partial charge in [0.1, 0.15) is 0 Å². The second-order valence-corrected chi connectivity index (χ2v) is 6.64. The molecule has 2 atom stereocenters. The summed E-state index contributed by atoms with van der Waals surface area (Å²) in [5.74, 6) is -0.0572. The minimum atomic E-state index is -0.558. The number of nitrogens with zero attached hydrogens (tertiary/aromatic N) is 2. The topological polar surface area (TPSA) is 67.2 Å². The largest absolute Gasteiger partial charge is 0.390 e. The first kappa shape index (κ1) is 16.5. The summed E-state index contributed by atoms with van der Waals surface area (Å²) in [5, 5.41) is 17.6. The molecule has 5 heteroatoms. The van der Waals surface area contributed by atoms with E-state index in [1.54, 1.807) is 6.20 Å². The van der Waals surface area contributed by atoms with Gasteiger partial charge in [0, 0.05) is 19.0 Å². The molecule has 0 bridgehead atoms. The Kier molecular flexibility index (Phi) is 4.54. The molecule has 0 fully saturated rings. The Bertz CT molecular complexity index is 904. The lowest BCUT2D eigenvalue weighted by Gasteiger charge is -2.17. The predicted octanol–water partition coefficient (Wildman–Crippen LogP) is 2.58. The number of rotatable bonds is 5. The third kappa shape index (κ3) is 3.39. The molecule has 0 saturated heterocycles. The highest BCUT2D eigenvalue weighted by Gasteiger charge is 2.31. The van der Waals surface area contributed by atoms with Gasteiger partial charge in [-0.25, -0.2) is 4.68 Å². The highest BCUT2D eigenvalue weighted by atomic mass is 16.3. The average molecular weight is 347 g/mol. The smallest absolute Gasteiger partial charge is 0.220 e. The van der Waals surface area contributed by atoms with Crippen LogP contribution in [0.2, 0.25) is 0 Å². The third-order valence-corrected chi connectivity index (χ3v) is 4.82. The third-order valence-electron chi connectivity index (χ3n) is 4.82. The quantitative estimate of drug-likeness (QED) is 0.745. The van der Waals surface area contributed by atoms with E-state index in [0.717, 1.165) is 22.4 Å². The minimum Gasteiger partial charge on any atom is -0.390 e. The molecule has 0 aliphatic heterocycles. The number of fused-ring (bicyclic) bond motifs is 1. The molecule has 1 heterocycles. The fourth-order valence-corrected chi connectivity index (χ4v) is 3.46. The summed E-state index contributed by atoms with van der Waals surface area (Å²) in [6.07, 6.45) is 4.75. The predicted molar refractivity (Wildman–Crippen MR) is 98.9 cm³/mol. The SMILES string of the molecule is O=C(CCc1cnn(-c2ccccc2)c1)N[C@@H]1c2ccccc2C[C@@H]1O. The summed E-state index contributed by atoms with van der Waals surface area (Å²) in [4.78, 5) is 12.4. The molecule has 2 N–H and O–H groups in total. The van der Waals surface area contributed by atoms with Gasteiger partial charge < -0.3 is 10.4 Å². The van der Waals surface area contributed by atoms with Crippen molar-refractivity contribution in [1.82, 2.24) is 15.1 Å². The van der Waals surface area contributed by atoms with Gasteiger partial charge in [0.15, 0.2) is 0 Å². The second-order valence-electron chi connectivity index (χ2n) is 6.64. The molecule has 0 saturated carbocycles. The maximum atomic E-state index is 12.4. The van der Waals surface area contributed by atoms with E-state index in [2.05, 4.69) is 10.4 Å². The molecule has 0 unspecified atom stereocenters. The first-order valence-corrected chi connectivity index (χ1v) is 8.85. The van der Waals surface area contributed by atoms with Crippen molar-refractivity contribution >= 4 is 5.91 Å². The van der Waals surface area contributed by atoms with E-state index in [4.69, 9.17) is 0 Å². The highest BCUT2D eigenvalue weighted by Crippen LogP contribution is 2.31. The lowest BCUT2D eigenvalue weighted by molar-refractivity contribution is -0.122. The van der Waals surface area contributed by atoms with Crippen molar-refractivity contribution in [2.45, 2.75) is 31.4 Å². The molecular formula is C21H21N3O2. The molecular weight excluding hydrogens is 326 g/mol. The van der Waals surface area contributed by atoms with Crippen LogP contribution in [0.5, 0.6) is 0 Å². The van der Waals surface area contributed by atoms with Gasteiger partial charge in [-0.05, 0) is 35.2 Å². The van der Waals surface area contributed by atoms with Gasteiger partial charge in [0.2, 0.25) is 5.91 Å². The van der Waals surface area contributed by atoms with Crippen molar-refractivity contribution in [1.29, 1.82) is 0 Å². The van der Waals surface area contributed by atoms with Crippen LogP contribution >= 0.6 is 0 Å². The van der Waals surface area contributed by atoms with E-state index in [0.29, 0.717) is 19.3 Å². The molecule has 1 amide bonds. The van der Waals surface area contributed by atoms with Crippen molar-refractivity contribution < 1.29 is 9.90 Å². The van der Waals surface area contributed by atoms with Crippen LogP contribution in [-0.2, 0) is 17.6 Å². The number of carbonyl (C=O) groups is 1. The number of para-hydroxylation sites is 1. The molecule has 5 nitrogen and oxygen atoms in total. The van der Waals surface area contributed by atoms with E-state index in [1.807, 2.05) is 65.5 Å². The molecule has 26 heavy (non-hydrogen) atoms. The monoisotopic (exact) mass is 347 g/mol. The Hall–Kier alpha value is -2.92. The van der Waals surface area contributed by atoms with Crippen molar-refractivity contribution in [3.63, 3.8) is 0 Å². The van der Waals surface area contributed by atoms with E-state index in [9.17, 15) is 9.90 Å². The van der Waals surface area contributed by atoms with Crippen molar-refractivity contribution in [3.8, 4) is 5.69 Å². The number of hydrogen-bond donors (Lipinski definition) is 2. The Morgan fingerprint density at radius 1 is 1.15 bits per heavy atom. The van der Waals surface area contributed by atoms with Crippen molar-refractivity contribution in [2.75, 3.05) is 0 Å². The Morgan fingerprint density at radius 3 is 2.77 bits per heavy atom. The van der Waals surface area contributed by atoms with Crippen LogP contribution in [0.25, 0.3) is 5.69 Å². The van der Waals surface area contributed by atoms with Crippen LogP contribution in [-0.4, -0.2) is 26.9 Å². The number of aliphatic hydroxyl groups excluding tert-OH is 1. The average Bonchev–Trinajstić information content (AvgIpc) is 3.26. The molecule has 3 aromatic rings. The van der Waals surface area contributed by atoms with Gasteiger partial charge in [-0.15, -0.1) is 0 Å². The van der Waals surface area contributed by atoms with Crippen molar-refractivity contribution in [2.24, 2.45) is 0 Å². The first-order chi connectivity index (χ1) is 12.7. The van der Waals surface area contributed by atoms with E-state index in [1.165, 1.54) is 0 Å². The van der Waals surface area contributed by atoms with Crippen LogP contribution in [0.1, 0.15) is 29.2 Å². The summed E-state index contributed by atoms with van der Waals surface area (Å²) < 4.78 is 1.81. The van der Waals surface area contributed by atoms with Gasteiger partial charge in [0.25, 0.3) is 0 Å². The Balaban J connectivity index is 1.36. The summed E-state index contributed by atoms with van der Waals surface area (Å²) >= 11 is 0. The van der Waals surface area contributed by atoms with Crippen LogP contribution < -0.4 is 5.32 Å². The van der Waals surface area contributed by atoms with Gasteiger partial charge in [-0.2, -0.15) is 5.10 Å². The summed E-state index contributed by atoms with van der Waals surface area (Å²) in [6.45, 7) is 0. The zero-order valence-corrected chi connectivity index (χ0v) is 14.4. The van der Waals surface area contributed by atoms with E-state index < -0.39 is 6.10 Å². The van der Waals surface area contributed by atoms with Crippen LogP contribution in [0.4, 0.5) is 0 Å². The summed E-state index contributed by atoms with van der Waals surface area (Å²) in [6, 6.07) is 17.4. The molecule has 1 aromatic heterocycles. The van der Waals surface area contributed by atoms with Gasteiger partial charge >= 0.3 is 0 Å². The number of aryl methyl sites for hydroxylation is 1. The molecule has 0 spiro atoms. The highest BCUT2D eigenvalue weighted by molar-refractivity contribution is 5.77. The molecule has 0 radical (unpaired) electrons. The fraction of sp³-hybridized carbons (Fsp3) is 0.238. The molecule has 1 aliphatic rings. The number of amides is 1. The Labute approximate surface area is 152 Å². The number of carbonyl (C=O) groups excluding carboxylic acids is 1. The lowest BCUT2D eigenvalue weighted by Crippen LogP contribution is -2.33. The maximum Gasteiger partial charge on any atom is 0.220 e. The normalized spacial score (nSPS) is 18.5. The lowest BCUT2D eigenvalue weighted by atomic mass is 10.1. The summed E-state index contributed by atoms with van der Waals surface area (Å²) in [7, 11) is 0. The summed E-state index contributed by atoms with van der Waals surface area (Å²) in [5.41, 5.74) is 4.13. The standard InChI is InChI=1S/C21H21N3O2/c25-19-12-16-6-4-5-9-18(16)21(19)23-20(26)11-10-15-13-22-24(14-15)17-7-2-1-3-8-17/h1-9,13-14,19,21,25H,10-12H2,(H,23,26)/t19-,21+/m0/s1. The van der Waals surface area contributed by atoms with Crippen LogP contribution in [0.15, 0.2) is 67.0 Å². The zero-order chi connectivity index (χ0) is 17.9. The number of benzene rings is 2. The Morgan fingerprint density at radius 2 is 1.92 bits per heavy atom. The molecule has 1 aliphatic carbocycles. The van der Waals surface area contributed by atoms with Crippen LogP contribution in [0.3, 0.4) is 0 Å². The molecule has 2 aromatic carbocycles. The van der Waals surface area contributed by atoms with E-state index >= 15 is 0 Å². The first-order valence-electron chi connectivity index (χ1n) is 8.85. The fourth-order valence-electron chi connectivity index (χ4n) is 3.46. The number of aromatic nitrogens is 2. The maximum absolute atomic E-state index is 12.4. The van der Waals surface area contributed by atoms with E-state index in [-0.39, 0.29) is 11.9 Å². The van der Waals surface area contributed by atoms with Gasteiger partial charge in [0.05, 0.1) is 24.0 Å². The number of aliphatic hydroxyl groups is 1. The number of nitrogens with one attached hydrogen (secondary N) is 1. The second kappa shape index (κ2) is 7.14. The molecule has 4 rings (SSSR count). The molecule has 132 valence electrons.